The van der Waals surface area contributed by atoms with Gasteiger partial charge in [0.05, 0.1) is 6.04 Å². The largest absolute Gasteiger partial charge is 0.361 e. The zero-order valence-electron chi connectivity index (χ0n) is 18.2. The number of rotatable bonds is 5. The van der Waals surface area contributed by atoms with E-state index in [9.17, 15) is 4.79 Å². The van der Waals surface area contributed by atoms with E-state index in [1.807, 2.05) is 18.6 Å². The number of H-pyrrole nitrogens is 2. The molecule has 0 spiro atoms. The fourth-order valence-electron chi connectivity index (χ4n) is 4.76. The summed E-state index contributed by atoms with van der Waals surface area (Å²) in [6, 6.07) is 19.4. The van der Waals surface area contributed by atoms with E-state index in [0.29, 0.717) is 0 Å². The molecule has 1 aliphatic heterocycles. The van der Waals surface area contributed by atoms with Gasteiger partial charge in [0.2, 0.25) is 0 Å². The van der Waals surface area contributed by atoms with Gasteiger partial charge in [-0.15, -0.1) is 0 Å². The number of pyridine rings is 1. The summed E-state index contributed by atoms with van der Waals surface area (Å²) in [6.45, 7) is 3.42. The molecular formula is C27H25N5O. The molecule has 5 aromatic rings. The monoisotopic (exact) mass is 435 g/mol. The van der Waals surface area contributed by atoms with Crippen LogP contribution in [0.3, 0.4) is 0 Å². The highest BCUT2D eigenvalue weighted by molar-refractivity contribution is 5.98. The minimum absolute atomic E-state index is 0.0654. The molecule has 1 aliphatic rings. The maximum Gasteiger partial charge on any atom is 0.138 e. The lowest BCUT2D eigenvalue weighted by atomic mass is 10.0. The fraction of sp³-hybridized carbons (Fsp3) is 0.185. The number of fused-ring (bicyclic) bond motifs is 2. The van der Waals surface area contributed by atoms with Crippen LogP contribution in [0.2, 0.25) is 0 Å². The molecule has 4 heterocycles. The Morgan fingerprint density at radius 3 is 2.76 bits per heavy atom. The highest BCUT2D eigenvalue weighted by Gasteiger charge is 2.18. The predicted molar refractivity (Wildman–Crippen MR) is 132 cm³/mol. The highest BCUT2D eigenvalue weighted by atomic mass is 16.1. The molecule has 6 rings (SSSR count). The average molecular weight is 436 g/mol. The second kappa shape index (κ2) is 8.31. The first-order valence-corrected chi connectivity index (χ1v) is 11.3. The third-order valence-electron chi connectivity index (χ3n) is 6.54. The van der Waals surface area contributed by atoms with Crippen LogP contribution in [0.1, 0.15) is 5.56 Å². The number of hydrogen-bond acceptors (Lipinski definition) is 4. The van der Waals surface area contributed by atoms with Gasteiger partial charge in [-0.05, 0) is 46.3 Å². The number of aromatic nitrogens is 3. The maximum atomic E-state index is 11.1. The summed E-state index contributed by atoms with van der Waals surface area (Å²) in [5.74, 6) is 0. The van der Waals surface area contributed by atoms with Crippen LogP contribution in [-0.2, 0) is 11.3 Å². The van der Waals surface area contributed by atoms with Gasteiger partial charge in [-0.25, -0.2) is 4.98 Å². The van der Waals surface area contributed by atoms with Crippen molar-refractivity contribution in [3.05, 3.63) is 78.8 Å². The smallest absolute Gasteiger partial charge is 0.138 e. The normalized spacial score (nSPS) is 17.0. The van der Waals surface area contributed by atoms with Gasteiger partial charge in [-0.3, -0.25) is 4.90 Å². The number of aromatic amines is 2. The van der Waals surface area contributed by atoms with Gasteiger partial charge >= 0.3 is 0 Å². The molecule has 3 aromatic heterocycles. The zero-order valence-corrected chi connectivity index (χ0v) is 18.2. The van der Waals surface area contributed by atoms with Crippen molar-refractivity contribution in [1.82, 2.24) is 25.2 Å². The molecule has 1 unspecified atom stereocenters. The molecular weight excluding hydrogens is 410 g/mol. The Balaban J connectivity index is 1.27. The average Bonchev–Trinajstić information content (AvgIpc) is 3.50. The van der Waals surface area contributed by atoms with E-state index in [4.69, 9.17) is 0 Å². The van der Waals surface area contributed by atoms with Crippen LogP contribution < -0.4 is 5.32 Å². The summed E-state index contributed by atoms with van der Waals surface area (Å²) >= 11 is 0. The molecule has 0 bridgehead atoms. The number of nitrogens with one attached hydrogen (secondary N) is 3. The van der Waals surface area contributed by atoms with Gasteiger partial charge in [0.1, 0.15) is 11.9 Å². The molecule has 0 aliphatic carbocycles. The van der Waals surface area contributed by atoms with Crippen LogP contribution >= 0.6 is 0 Å². The van der Waals surface area contributed by atoms with E-state index in [1.165, 1.54) is 16.5 Å². The predicted octanol–water partition coefficient (Wildman–Crippen LogP) is 4.35. The third kappa shape index (κ3) is 3.84. The van der Waals surface area contributed by atoms with E-state index in [1.54, 1.807) is 0 Å². The molecule has 3 N–H and O–H groups in total. The first-order valence-electron chi connectivity index (χ1n) is 11.3. The number of carbonyl (C=O) groups excluding carboxylic acids is 1. The van der Waals surface area contributed by atoms with Gasteiger partial charge in [-0.2, -0.15) is 0 Å². The van der Waals surface area contributed by atoms with Crippen molar-refractivity contribution in [3.63, 3.8) is 0 Å². The summed E-state index contributed by atoms with van der Waals surface area (Å²) in [5, 5.41) is 5.55. The van der Waals surface area contributed by atoms with Crippen molar-refractivity contribution in [3.8, 4) is 22.3 Å². The van der Waals surface area contributed by atoms with Crippen LogP contribution in [-0.4, -0.2) is 51.8 Å². The molecule has 33 heavy (non-hydrogen) atoms. The van der Waals surface area contributed by atoms with Crippen molar-refractivity contribution < 1.29 is 4.79 Å². The Kier molecular flexibility index (Phi) is 5.02. The Labute approximate surface area is 191 Å². The summed E-state index contributed by atoms with van der Waals surface area (Å²) in [6.07, 6.45) is 6.94. The van der Waals surface area contributed by atoms with Gasteiger partial charge in [-0.1, -0.05) is 30.3 Å². The molecule has 1 atom stereocenters. The number of benzene rings is 2. The number of carbonyl (C=O) groups is 1. The van der Waals surface area contributed by atoms with Crippen LogP contribution in [0.5, 0.6) is 0 Å². The third-order valence-corrected chi connectivity index (χ3v) is 6.54. The van der Waals surface area contributed by atoms with Crippen molar-refractivity contribution in [2.24, 2.45) is 0 Å². The minimum Gasteiger partial charge on any atom is -0.361 e. The first kappa shape index (κ1) is 19.9. The number of aldehydes is 1. The molecule has 2 aromatic carbocycles. The Hall–Kier alpha value is -3.74. The van der Waals surface area contributed by atoms with E-state index in [-0.39, 0.29) is 6.04 Å². The van der Waals surface area contributed by atoms with Crippen molar-refractivity contribution in [1.29, 1.82) is 0 Å². The first-order chi connectivity index (χ1) is 16.3. The SMILES string of the molecule is O=CC1CN(Cc2ccc(-c3cnc4[nH]cc(-c5ccc6[nH]ccc6c5)c4c3)cc2)CCN1. The van der Waals surface area contributed by atoms with Crippen LogP contribution in [0.4, 0.5) is 0 Å². The Morgan fingerprint density at radius 1 is 1.00 bits per heavy atom. The van der Waals surface area contributed by atoms with Gasteiger partial charge in [0.25, 0.3) is 0 Å². The topological polar surface area (TPSA) is 76.8 Å². The number of nitrogens with zero attached hydrogens (tertiary/aromatic N) is 2. The lowest BCUT2D eigenvalue weighted by Crippen LogP contribution is -2.50. The highest BCUT2D eigenvalue weighted by Crippen LogP contribution is 2.32. The van der Waals surface area contributed by atoms with Crippen LogP contribution in [0, 0.1) is 0 Å². The Bertz CT molecular complexity index is 1430. The fourth-order valence-corrected chi connectivity index (χ4v) is 4.76. The number of piperazine rings is 1. The van der Waals surface area contributed by atoms with E-state index >= 15 is 0 Å². The summed E-state index contributed by atoms with van der Waals surface area (Å²) in [7, 11) is 0. The van der Waals surface area contributed by atoms with Gasteiger partial charge in [0.15, 0.2) is 0 Å². The van der Waals surface area contributed by atoms with Crippen molar-refractivity contribution in [2.45, 2.75) is 12.6 Å². The lowest BCUT2D eigenvalue weighted by Gasteiger charge is -2.31. The quantitative estimate of drug-likeness (QED) is 0.359. The summed E-state index contributed by atoms with van der Waals surface area (Å²) in [5.41, 5.74) is 7.85. The molecule has 0 radical (unpaired) electrons. The van der Waals surface area contributed by atoms with Crippen LogP contribution in [0.15, 0.2) is 73.2 Å². The molecule has 6 nitrogen and oxygen atoms in total. The number of hydrogen-bond donors (Lipinski definition) is 3. The minimum atomic E-state index is -0.0654. The maximum absolute atomic E-state index is 11.1. The van der Waals surface area contributed by atoms with Crippen molar-refractivity contribution >= 4 is 28.2 Å². The summed E-state index contributed by atoms with van der Waals surface area (Å²) in [4.78, 5) is 24.7. The second-order valence-corrected chi connectivity index (χ2v) is 8.73. The lowest BCUT2D eigenvalue weighted by molar-refractivity contribution is -0.110. The van der Waals surface area contributed by atoms with E-state index in [2.05, 4.69) is 79.8 Å². The molecule has 1 saturated heterocycles. The molecule has 0 amide bonds. The molecule has 0 saturated carbocycles. The second-order valence-electron chi connectivity index (χ2n) is 8.73. The standard InChI is InChI=1S/C27H25N5O/c33-17-23-16-32(10-9-28-23)15-18-1-3-19(4-2-18)22-12-24-25(14-31-27(24)30-13-22)20-5-6-26-21(11-20)7-8-29-26/h1-8,11-14,17,23,28-29H,9-10,15-16H2,(H,30,31). The molecule has 6 heteroatoms. The molecule has 1 fully saturated rings. The van der Waals surface area contributed by atoms with Crippen LogP contribution in [0.25, 0.3) is 44.2 Å². The van der Waals surface area contributed by atoms with E-state index < -0.39 is 0 Å². The summed E-state index contributed by atoms with van der Waals surface area (Å²) < 4.78 is 0. The van der Waals surface area contributed by atoms with Crippen molar-refractivity contribution in [2.75, 3.05) is 19.6 Å². The van der Waals surface area contributed by atoms with Gasteiger partial charge < -0.3 is 20.1 Å². The molecule has 164 valence electrons. The van der Waals surface area contributed by atoms with Gasteiger partial charge in [0, 0.05) is 66.8 Å². The Morgan fingerprint density at radius 2 is 1.88 bits per heavy atom. The zero-order chi connectivity index (χ0) is 22.2. The van der Waals surface area contributed by atoms with E-state index in [0.717, 1.165) is 65.7 Å².